The van der Waals surface area contributed by atoms with Gasteiger partial charge in [0.2, 0.25) is 5.91 Å². The second-order valence-electron chi connectivity index (χ2n) is 5.58. The van der Waals surface area contributed by atoms with Crippen molar-refractivity contribution < 1.29 is 9.59 Å². The Morgan fingerprint density at radius 2 is 2.10 bits per heavy atom. The number of nitrogens with one attached hydrogen (secondary N) is 2. The zero-order chi connectivity index (χ0) is 15.6. The van der Waals surface area contributed by atoms with E-state index < -0.39 is 5.54 Å². The molecule has 0 aliphatic carbocycles. The molecule has 1 saturated heterocycles. The highest BCUT2D eigenvalue weighted by molar-refractivity contribution is 9.10. The molecule has 21 heavy (non-hydrogen) atoms. The molecule has 114 valence electrons. The van der Waals surface area contributed by atoms with Gasteiger partial charge in [-0.05, 0) is 38.1 Å². The number of anilines is 1. The summed E-state index contributed by atoms with van der Waals surface area (Å²) in [7, 11) is 0. The van der Waals surface area contributed by atoms with Gasteiger partial charge >= 0.3 is 0 Å². The van der Waals surface area contributed by atoms with Crippen LogP contribution in [-0.4, -0.2) is 30.4 Å². The maximum atomic E-state index is 12.0. The Bertz CT molecular complexity index is 572. The monoisotopic (exact) mass is 353 g/mol. The number of carbonyl (C=O) groups is 2. The predicted molar refractivity (Wildman–Crippen MR) is 86.1 cm³/mol. The Kier molecular flexibility index (Phi) is 4.68. The van der Waals surface area contributed by atoms with Gasteiger partial charge < -0.3 is 10.2 Å². The van der Waals surface area contributed by atoms with E-state index in [0.29, 0.717) is 0 Å². The van der Waals surface area contributed by atoms with Crippen molar-refractivity contribution in [3.05, 3.63) is 28.2 Å². The van der Waals surface area contributed by atoms with Gasteiger partial charge in [-0.15, -0.1) is 0 Å². The van der Waals surface area contributed by atoms with Crippen molar-refractivity contribution in [2.24, 2.45) is 0 Å². The molecule has 0 atom stereocenters. The van der Waals surface area contributed by atoms with Gasteiger partial charge in [0.05, 0.1) is 6.54 Å². The summed E-state index contributed by atoms with van der Waals surface area (Å²) in [5.74, 6) is -0.543. The van der Waals surface area contributed by atoms with Crippen LogP contribution in [-0.2, 0) is 16.1 Å². The number of hydrogen-bond acceptors (Lipinski definition) is 4. The molecule has 0 saturated carbocycles. The molecule has 1 fully saturated rings. The summed E-state index contributed by atoms with van der Waals surface area (Å²) in [5, 5.41) is 5.65. The lowest BCUT2D eigenvalue weighted by atomic mass is 9.97. The first-order valence-electron chi connectivity index (χ1n) is 6.97. The van der Waals surface area contributed by atoms with Crippen molar-refractivity contribution in [3.63, 3.8) is 0 Å². The lowest BCUT2D eigenvalue weighted by molar-refractivity contribution is -0.135. The van der Waals surface area contributed by atoms with Gasteiger partial charge in [-0.25, -0.2) is 0 Å². The Labute approximate surface area is 133 Å². The van der Waals surface area contributed by atoms with E-state index >= 15 is 0 Å². The SMILES string of the molecule is CCNCc1ccc(N2CC(=O)NC(=O)C2(C)C)cc1Br. The van der Waals surface area contributed by atoms with Gasteiger partial charge in [-0.1, -0.05) is 28.9 Å². The number of imide groups is 1. The largest absolute Gasteiger partial charge is 0.348 e. The van der Waals surface area contributed by atoms with Gasteiger partial charge in [0.1, 0.15) is 5.54 Å². The minimum absolute atomic E-state index is 0.178. The van der Waals surface area contributed by atoms with Crippen LogP contribution in [0, 0.1) is 0 Å². The van der Waals surface area contributed by atoms with E-state index in [2.05, 4.69) is 33.5 Å². The van der Waals surface area contributed by atoms with Crippen LogP contribution in [0.15, 0.2) is 22.7 Å². The average Bonchev–Trinajstić information content (AvgIpc) is 2.42. The second kappa shape index (κ2) is 6.15. The third-order valence-corrected chi connectivity index (χ3v) is 4.44. The summed E-state index contributed by atoms with van der Waals surface area (Å²) in [6.07, 6.45) is 0. The molecule has 0 radical (unpaired) electrons. The minimum atomic E-state index is -0.753. The number of nitrogens with zero attached hydrogens (tertiary/aromatic N) is 1. The zero-order valence-corrected chi connectivity index (χ0v) is 14.1. The first kappa shape index (κ1) is 16.0. The molecular formula is C15H20BrN3O2. The van der Waals surface area contributed by atoms with Crippen LogP contribution in [0.1, 0.15) is 26.3 Å². The van der Waals surface area contributed by atoms with Gasteiger partial charge in [0, 0.05) is 16.7 Å². The van der Waals surface area contributed by atoms with Crippen molar-refractivity contribution in [1.29, 1.82) is 0 Å². The summed E-state index contributed by atoms with van der Waals surface area (Å²) >= 11 is 3.56. The summed E-state index contributed by atoms with van der Waals surface area (Å²) in [4.78, 5) is 25.5. The molecule has 0 aromatic heterocycles. The molecule has 0 spiro atoms. The molecule has 0 bridgehead atoms. The van der Waals surface area contributed by atoms with Gasteiger partial charge in [-0.2, -0.15) is 0 Å². The van der Waals surface area contributed by atoms with E-state index in [0.717, 1.165) is 28.8 Å². The molecule has 6 heteroatoms. The number of halogens is 1. The predicted octanol–water partition coefficient (Wildman–Crippen LogP) is 1.80. The fraction of sp³-hybridized carbons (Fsp3) is 0.467. The fourth-order valence-electron chi connectivity index (χ4n) is 2.30. The van der Waals surface area contributed by atoms with Gasteiger partial charge in [0.15, 0.2) is 0 Å². The van der Waals surface area contributed by atoms with Crippen LogP contribution in [0.2, 0.25) is 0 Å². The highest BCUT2D eigenvalue weighted by Gasteiger charge is 2.41. The Balaban J connectivity index is 2.30. The smallest absolute Gasteiger partial charge is 0.251 e. The van der Waals surface area contributed by atoms with Crippen molar-refractivity contribution >= 4 is 33.4 Å². The number of piperazine rings is 1. The van der Waals surface area contributed by atoms with Crippen molar-refractivity contribution in [3.8, 4) is 0 Å². The van der Waals surface area contributed by atoms with Gasteiger partial charge in [-0.3, -0.25) is 14.9 Å². The van der Waals surface area contributed by atoms with Crippen LogP contribution in [0.3, 0.4) is 0 Å². The lowest BCUT2D eigenvalue weighted by Crippen LogP contribution is -2.64. The van der Waals surface area contributed by atoms with E-state index in [9.17, 15) is 9.59 Å². The maximum Gasteiger partial charge on any atom is 0.251 e. The van der Waals surface area contributed by atoms with Crippen LogP contribution in [0.4, 0.5) is 5.69 Å². The van der Waals surface area contributed by atoms with Crippen LogP contribution < -0.4 is 15.5 Å². The molecule has 5 nitrogen and oxygen atoms in total. The molecular weight excluding hydrogens is 334 g/mol. The summed E-state index contributed by atoms with van der Waals surface area (Å²) in [5.41, 5.74) is 1.25. The number of carbonyl (C=O) groups excluding carboxylic acids is 2. The van der Waals surface area contributed by atoms with Crippen molar-refractivity contribution in [2.45, 2.75) is 32.9 Å². The Morgan fingerprint density at radius 3 is 2.71 bits per heavy atom. The third kappa shape index (κ3) is 3.27. The summed E-state index contributed by atoms with van der Waals surface area (Å²) in [6.45, 7) is 7.55. The molecule has 1 aliphatic heterocycles. The summed E-state index contributed by atoms with van der Waals surface area (Å²) < 4.78 is 0.968. The van der Waals surface area contributed by atoms with E-state index in [1.165, 1.54) is 0 Å². The van der Waals surface area contributed by atoms with E-state index in [1.807, 2.05) is 36.9 Å². The number of hydrogen-bond donors (Lipinski definition) is 2. The van der Waals surface area contributed by atoms with E-state index in [1.54, 1.807) is 0 Å². The van der Waals surface area contributed by atoms with E-state index in [4.69, 9.17) is 0 Å². The fourth-order valence-corrected chi connectivity index (χ4v) is 2.81. The van der Waals surface area contributed by atoms with E-state index in [-0.39, 0.29) is 18.4 Å². The molecule has 2 amide bonds. The molecule has 1 heterocycles. The quantitative estimate of drug-likeness (QED) is 0.810. The third-order valence-electron chi connectivity index (χ3n) is 3.70. The number of amides is 2. The van der Waals surface area contributed by atoms with Gasteiger partial charge in [0.25, 0.3) is 5.91 Å². The average molecular weight is 354 g/mol. The molecule has 1 aromatic carbocycles. The summed E-state index contributed by atoms with van der Waals surface area (Å²) in [6, 6.07) is 5.92. The molecule has 2 N–H and O–H groups in total. The highest BCUT2D eigenvalue weighted by atomic mass is 79.9. The zero-order valence-electron chi connectivity index (χ0n) is 12.5. The molecule has 2 rings (SSSR count). The standard InChI is InChI=1S/C15H20BrN3O2/c1-4-17-8-10-5-6-11(7-12(10)16)19-9-13(20)18-14(21)15(19,2)3/h5-7,17H,4,8-9H2,1-3H3,(H,18,20,21). The van der Waals surface area contributed by atoms with Crippen LogP contribution >= 0.6 is 15.9 Å². The van der Waals surface area contributed by atoms with Crippen LogP contribution in [0.25, 0.3) is 0 Å². The number of rotatable bonds is 4. The Morgan fingerprint density at radius 1 is 1.38 bits per heavy atom. The van der Waals surface area contributed by atoms with Crippen molar-refractivity contribution in [2.75, 3.05) is 18.0 Å². The second-order valence-corrected chi connectivity index (χ2v) is 6.43. The lowest BCUT2D eigenvalue weighted by Gasteiger charge is -2.41. The topological polar surface area (TPSA) is 61.4 Å². The first-order chi connectivity index (χ1) is 9.86. The minimum Gasteiger partial charge on any atom is -0.348 e. The maximum absolute atomic E-state index is 12.0. The highest BCUT2D eigenvalue weighted by Crippen LogP contribution is 2.30. The van der Waals surface area contributed by atoms with Crippen LogP contribution in [0.5, 0.6) is 0 Å². The number of benzene rings is 1. The molecule has 1 aliphatic rings. The molecule has 0 unspecified atom stereocenters. The Hall–Kier alpha value is -1.40. The van der Waals surface area contributed by atoms with Crippen molar-refractivity contribution in [1.82, 2.24) is 10.6 Å². The first-order valence-corrected chi connectivity index (χ1v) is 7.76. The normalized spacial score (nSPS) is 17.8. The molecule has 1 aromatic rings.